The first kappa shape index (κ1) is 13.3. The van der Waals surface area contributed by atoms with Crippen LogP contribution in [0, 0.1) is 0 Å². The van der Waals surface area contributed by atoms with E-state index < -0.39 is 23.3 Å². The van der Waals surface area contributed by atoms with Gasteiger partial charge in [-0.1, -0.05) is 13.3 Å². The van der Waals surface area contributed by atoms with Gasteiger partial charge in [-0.25, -0.2) is 0 Å². The molecular weight excluding hydrogens is 237 g/mol. The molecule has 0 heterocycles. The van der Waals surface area contributed by atoms with Gasteiger partial charge in [0.25, 0.3) is 5.78 Å². The summed E-state index contributed by atoms with van der Waals surface area (Å²) in [5.74, 6) is -3.23. The second-order valence-electron chi connectivity index (χ2n) is 3.54. The molecule has 94 valence electrons. The van der Waals surface area contributed by atoms with Crippen molar-refractivity contribution in [1.82, 2.24) is 0 Å². The highest BCUT2D eigenvalue weighted by molar-refractivity contribution is 6.03. The number of hydrogen-bond donors (Lipinski definition) is 2. The number of Topliss-reactive ketones (excluding diaryl/α,β-unsaturated/α-hetero) is 1. The van der Waals surface area contributed by atoms with Gasteiger partial charge in [-0.05, 0) is 18.6 Å². The van der Waals surface area contributed by atoms with Gasteiger partial charge < -0.3 is 10.2 Å². The van der Waals surface area contributed by atoms with Crippen LogP contribution < -0.4 is 0 Å². The Kier molecular flexibility index (Phi) is 3.65. The summed E-state index contributed by atoms with van der Waals surface area (Å²) in [5.41, 5.74) is -0.874. The molecule has 2 N–H and O–H groups in total. The number of carbonyl (C=O) groups excluding carboxylic acids is 1. The molecule has 0 spiro atoms. The second-order valence-corrected chi connectivity index (χ2v) is 3.54. The molecule has 0 aliphatic heterocycles. The predicted molar refractivity (Wildman–Crippen MR) is 54.2 cm³/mol. The molecule has 0 atom stereocenters. The van der Waals surface area contributed by atoms with Gasteiger partial charge in [0.1, 0.15) is 11.5 Å². The van der Waals surface area contributed by atoms with Crippen molar-refractivity contribution >= 4 is 5.78 Å². The summed E-state index contributed by atoms with van der Waals surface area (Å²) in [4.78, 5) is 11.0. The third-order valence-corrected chi connectivity index (χ3v) is 2.26. The molecule has 0 aromatic heterocycles. The Morgan fingerprint density at radius 2 is 1.88 bits per heavy atom. The summed E-state index contributed by atoms with van der Waals surface area (Å²) in [6.07, 6.45) is -4.33. The lowest BCUT2D eigenvalue weighted by Crippen LogP contribution is -2.23. The lowest BCUT2D eigenvalue weighted by molar-refractivity contribution is -0.0886. The average molecular weight is 248 g/mol. The lowest BCUT2D eigenvalue weighted by atomic mass is 10.0. The first-order valence-corrected chi connectivity index (χ1v) is 4.94. The van der Waals surface area contributed by atoms with Crippen LogP contribution in [0.1, 0.15) is 29.3 Å². The van der Waals surface area contributed by atoms with E-state index in [9.17, 15) is 28.2 Å². The quantitative estimate of drug-likeness (QED) is 0.808. The molecule has 1 aromatic rings. The van der Waals surface area contributed by atoms with Crippen molar-refractivity contribution in [3.63, 3.8) is 0 Å². The van der Waals surface area contributed by atoms with Gasteiger partial charge in [0.2, 0.25) is 0 Å². The number of halogens is 3. The second kappa shape index (κ2) is 4.65. The van der Waals surface area contributed by atoms with Crippen molar-refractivity contribution in [2.45, 2.75) is 25.9 Å². The van der Waals surface area contributed by atoms with Crippen molar-refractivity contribution in [1.29, 1.82) is 0 Å². The minimum absolute atomic E-state index is 0.0393. The summed E-state index contributed by atoms with van der Waals surface area (Å²) < 4.78 is 36.6. The largest absolute Gasteiger partial charge is 0.508 e. The maximum absolute atomic E-state index is 12.2. The molecule has 6 heteroatoms. The zero-order valence-electron chi connectivity index (χ0n) is 9.01. The third kappa shape index (κ3) is 2.69. The third-order valence-electron chi connectivity index (χ3n) is 2.26. The molecule has 1 rings (SSSR count). The highest BCUT2D eigenvalue weighted by Gasteiger charge is 2.41. The Labute approximate surface area is 95.5 Å². The van der Waals surface area contributed by atoms with Crippen molar-refractivity contribution in [3.05, 3.63) is 23.3 Å². The van der Waals surface area contributed by atoms with E-state index in [1.165, 1.54) is 0 Å². The smallest absolute Gasteiger partial charge is 0.455 e. The number of phenols is 2. The van der Waals surface area contributed by atoms with E-state index in [2.05, 4.69) is 0 Å². The molecule has 0 bridgehead atoms. The van der Waals surface area contributed by atoms with E-state index in [0.29, 0.717) is 6.42 Å². The Hall–Kier alpha value is -1.72. The van der Waals surface area contributed by atoms with Crippen LogP contribution >= 0.6 is 0 Å². The molecule has 0 unspecified atom stereocenters. The minimum atomic E-state index is -5.04. The number of carbonyl (C=O) groups is 1. The molecule has 0 saturated heterocycles. The van der Waals surface area contributed by atoms with Crippen LogP contribution in [-0.2, 0) is 6.42 Å². The van der Waals surface area contributed by atoms with Gasteiger partial charge in [0.15, 0.2) is 0 Å². The van der Waals surface area contributed by atoms with E-state index in [-0.39, 0.29) is 17.7 Å². The van der Waals surface area contributed by atoms with E-state index >= 15 is 0 Å². The summed E-state index contributed by atoms with van der Waals surface area (Å²) in [6, 6.07) is 1.74. The van der Waals surface area contributed by atoms with Crippen LogP contribution in [0.2, 0.25) is 0 Å². The molecule has 0 saturated carbocycles. The topological polar surface area (TPSA) is 57.5 Å². The highest BCUT2D eigenvalue weighted by Crippen LogP contribution is 2.34. The van der Waals surface area contributed by atoms with Gasteiger partial charge in [-0.3, -0.25) is 4.79 Å². The number of aromatic hydroxyl groups is 2. The van der Waals surface area contributed by atoms with Gasteiger partial charge in [0.05, 0.1) is 5.56 Å². The van der Waals surface area contributed by atoms with E-state index in [4.69, 9.17) is 0 Å². The Bertz CT molecular complexity index is 438. The molecule has 0 aliphatic rings. The summed E-state index contributed by atoms with van der Waals surface area (Å²) in [6.45, 7) is 1.73. The van der Waals surface area contributed by atoms with Crippen LogP contribution in [0.4, 0.5) is 13.2 Å². The summed E-state index contributed by atoms with van der Waals surface area (Å²) in [7, 11) is 0. The number of phenolic OH excluding ortho intramolecular Hbond substituents is 2. The van der Waals surface area contributed by atoms with Crippen molar-refractivity contribution in [2.75, 3.05) is 0 Å². The Balaban J connectivity index is 3.28. The molecule has 0 fully saturated rings. The number of rotatable bonds is 3. The minimum Gasteiger partial charge on any atom is -0.508 e. The first-order chi connectivity index (χ1) is 7.79. The monoisotopic (exact) mass is 248 g/mol. The van der Waals surface area contributed by atoms with Crippen LogP contribution in [0.25, 0.3) is 0 Å². The molecule has 0 aliphatic carbocycles. The van der Waals surface area contributed by atoms with Gasteiger partial charge >= 0.3 is 6.18 Å². The van der Waals surface area contributed by atoms with E-state index in [1.54, 1.807) is 6.92 Å². The van der Waals surface area contributed by atoms with Gasteiger partial charge in [0, 0.05) is 5.56 Å². The van der Waals surface area contributed by atoms with Crippen LogP contribution in [0.3, 0.4) is 0 Å². The highest BCUT2D eigenvalue weighted by atomic mass is 19.4. The zero-order valence-corrected chi connectivity index (χ0v) is 9.01. The van der Waals surface area contributed by atoms with E-state index in [1.807, 2.05) is 0 Å². The van der Waals surface area contributed by atoms with Crippen molar-refractivity contribution in [2.24, 2.45) is 0 Å². The SMILES string of the molecule is CCCc1c(O)ccc(C(=O)C(F)(F)F)c1O. The maximum atomic E-state index is 12.2. The van der Waals surface area contributed by atoms with Crippen LogP contribution in [0.5, 0.6) is 11.5 Å². The fraction of sp³-hybridized carbons (Fsp3) is 0.364. The van der Waals surface area contributed by atoms with E-state index in [0.717, 1.165) is 12.1 Å². The molecule has 17 heavy (non-hydrogen) atoms. The lowest BCUT2D eigenvalue weighted by Gasteiger charge is -2.11. The Morgan fingerprint density at radius 3 is 2.35 bits per heavy atom. The maximum Gasteiger partial charge on any atom is 0.455 e. The van der Waals surface area contributed by atoms with Gasteiger partial charge in [-0.2, -0.15) is 13.2 Å². The number of ketones is 1. The zero-order chi connectivity index (χ0) is 13.2. The fourth-order valence-electron chi connectivity index (χ4n) is 1.46. The molecule has 3 nitrogen and oxygen atoms in total. The predicted octanol–water partition coefficient (Wildman–Crippen LogP) is 2.80. The van der Waals surface area contributed by atoms with Gasteiger partial charge in [-0.15, -0.1) is 0 Å². The summed E-state index contributed by atoms with van der Waals surface area (Å²) >= 11 is 0. The standard InChI is InChI=1S/C11H11F3O3/c1-2-3-6-8(15)5-4-7(9(6)16)10(17)11(12,13)14/h4-5,15-16H,2-3H2,1H3. The molecule has 0 amide bonds. The van der Waals surface area contributed by atoms with Crippen LogP contribution in [-0.4, -0.2) is 22.2 Å². The summed E-state index contributed by atoms with van der Waals surface area (Å²) in [5, 5.41) is 18.9. The van der Waals surface area contributed by atoms with Crippen LogP contribution in [0.15, 0.2) is 12.1 Å². The molecule has 0 radical (unpaired) electrons. The molecule has 1 aromatic carbocycles. The number of hydrogen-bond acceptors (Lipinski definition) is 3. The number of benzene rings is 1. The average Bonchev–Trinajstić information content (AvgIpc) is 2.22. The van der Waals surface area contributed by atoms with Crippen molar-refractivity contribution in [3.8, 4) is 11.5 Å². The van der Waals surface area contributed by atoms with Crippen molar-refractivity contribution < 1.29 is 28.2 Å². The normalized spacial score (nSPS) is 11.5. The first-order valence-electron chi connectivity index (χ1n) is 4.94. The fourth-order valence-corrected chi connectivity index (χ4v) is 1.46. The molecular formula is C11H11F3O3. The Morgan fingerprint density at radius 1 is 1.29 bits per heavy atom. The number of alkyl halides is 3.